The second kappa shape index (κ2) is 18.5. The van der Waals surface area contributed by atoms with E-state index in [1.807, 2.05) is 12.1 Å². The second-order valence-corrected chi connectivity index (χ2v) is 14.1. The molecule has 298 valence electrons. The molecule has 1 atom stereocenters. The maximum absolute atomic E-state index is 13.5. The zero-order valence-electron chi connectivity index (χ0n) is 32.5. The Kier molecular flexibility index (Phi) is 13.1. The first-order valence-electron chi connectivity index (χ1n) is 19.2. The van der Waals surface area contributed by atoms with Crippen LogP contribution in [0.2, 0.25) is 0 Å². The zero-order valence-corrected chi connectivity index (χ0v) is 32.5. The number of hydrogen-bond acceptors (Lipinski definition) is 9. The lowest BCUT2D eigenvalue weighted by Gasteiger charge is -2.24. The average molecular weight is 778 g/mol. The van der Waals surface area contributed by atoms with E-state index in [2.05, 4.69) is 48.9 Å². The van der Waals surface area contributed by atoms with Crippen molar-refractivity contribution in [1.82, 2.24) is 34.7 Å². The van der Waals surface area contributed by atoms with E-state index in [1.54, 1.807) is 40.4 Å². The Bertz CT molecular complexity index is 2340. The summed E-state index contributed by atoms with van der Waals surface area (Å²) in [5.41, 5.74) is 4.91. The number of fused-ring (bicyclic) bond motifs is 1. The number of hydrogen-bond donors (Lipinski definition) is 4. The number of imidazole rings is 1. The number of amides is 3. The van der Waals surface area contributed by atoms with Gasteiger partial charge in [0.25, 0.3) is 5.91 Å². The summed E-state index contributed by atoms with van der Waals surface area (Å²) in [5, 5.41) is 11.5. The summed E-state index contributed by atoms with van der Waals surface area (Å²) in [4.78, 5) is 64.0. The van der Waals surface area contributed by atoms with Crippen LogP contribution in [0.4, 0.5) is 21.6 Å². The monoisotopic (exact) mass is 777 g/mol. The maximum atomic E-state index is 13.5. The number of aryl methyl sites for hydroxylation is 2. The van der Waals surface area contributed by atoms with Gasteiger partial charge < -0.3 is 26.0 Å². The summed E-state index contributed by atoms with van der Waals surface area (Å²) in [6.07, 6.45) is 12.7. The molecule has 0 aliphatic carbocycles. The van der Waals surface area contributed by atoms with Crippen molar-refractivity contribution in [1.29, 1.82) is 0 Å². The van der Waals surface area contributed by atoms with E-state index in [9.17, 15) is 23.6 Å². The molecule has 1 aliphatic rings. The Balaban J connectivity index is 0.967. The number of ether oxygens (including phenoxy) is 1. The summed E-state index contributed by atoms with van der Waals surface area (Å²) in [7, 11) is 4.77. The molecule has 4 N–H and O–H groups in total. The van der Waals surface area contributed by atoms with E-state index < -0.39 is 11.9 Å². The van der Waals surface area contributed by atoms with Gasteiger partial charge in [0.15, 0.2) is 17.4 Å². The van der Waals surface area contributed by atoms with Gasteiger partial charge in [0.05, 0.1) is 53.0 Å². The van der Waals surface area contributed by atoms with Crippen molar-refractivity contribution in [2.75, 3.05) is 24.8 Å². The van der Waals surface area contributed by atoms with E-state index >= 15 is 0 Å². The highest BCUT2D eigenvalue weighted by Gasteiger charge is 2.30. The van der Waals surface area contributed by atoms with Gasteiger partial charge in [0.2, 0.25) is 11.8 Å². The molecule has 15 heteroatoms. The number of unbranched alkanes of at least 4 members (excludes halogenated alkanes) is 6. The molecule has 0 saturated carbocycles. The number of piperidine rings is 1. The molecule has 3 amide bonds. The van der Waals surface area contributed by atoms with Crippen molar-refractivity contribution >= 4 is 45.9 Å². The van der Waals surface area contributed by atoms with Gasteiger partial charge in [-0.3, -0.25) is 23.5 Å². The number of carbonyl (C=O) groups excluding carboxylic acids is 3. The van der Waals surface area contributed by atoms with Crippen LogP contribution in [0.3, 0.4) is 0 Å². The van der Waals surface area contributed by atoms with Crippen LogP contribution in [-0.4, -0.2) is 56.0 Å². The van der Waals surface area contributed by atoms with Gasteiger partial charge in [-0.05, 0) is 55.9 Å². The Morgan fingerprint density at radius 2 is 1.68 bits per heavy atom. The third kappa shape index (κ3) is 9.36. The predicted molar refractivity (Wildman–Crippen MR) is 217 cm³/mol. The lowest BCUT2D eigenvalue weighted by Crippen LogP contribution is -2.40. The molecule has 3 aromatic heterocycles. The van der Waals surface area contributed by atoms with Crippen LogP contribution in [0.5, 0.6) is 5.75 Å². The molecule has 2 aromatic carbocycles. The SMILES string of the molecule is C=C1CCC(n2c(=O)n(C)c3c(CCCCCCCCCC(=O)Nc4cc(Nc5cccc(-c6ncc(F)cn6)c5OC)c(C(=O)NC)cn4)cccc32)C(=O)N1. The van der Waals surface area contributed by atoms with Crippen LogP contribution in [0.1, 0.15) is 86.2 Å². The minimum Gasteiger partial charge on any atom is -0.494 e. The first-order chi connectivity index (χ1) is 27.6. The largest absolute Gasteiger partial charge is 0.494 e. The number of rotatable bonds is 17. The first kappa shape index (κ1) is 40.3. The summed E-state index contributed by atoms with van der Waals surface area (Å²) >= 11 is 0. The third-order valence-corrected chi connectivity index (χ3v) is 10.2. The van der Waals surface area contributed by atoms with Crippen molar-refractivity contribution in [2.45, 2.75) is 76.7 Å². The normalized spacial score (nSPS) is 14.0. The molecule has 4 heterocycles. The van der Waals surface area contributed by atoms with Crippen LogP contribution >= 0.6 is 0 Å². The lowest BCUT2D eigenvalue weighted by atomic mass is 10.0. The van der Waals surface area contributed by atoms with Crippen molar-refractivity contribution in [3.63, 3.8) is 0 Å². The first-order valence-corrected chi connectivity index (χ1v) is 19.2. The van der Waals surface area contributed by atoms with Gasteiger partial charge in [-0.2, -0.15) is 0 Å². The van der Waals surface area contributed by atoms with E-state index in [0.29, 0.717) is 47.6 Å². The van der Waals surface area contributed by atoms with Crippen molar-refractivity contribution < 1.29 is 23.5 Å². The number of carbonyl (C=O) groups is 3. The molecule has 57 heavy (non-hydrogen) atoms. The molecule has 1 saturated heterocycles. The second-order valence-electron chi connectivity index (χ2n) is 14.1. The molecule has 0 spiro atoms. The molecule has 1 unspecified atom stereocenters. The van der Waals surface area contributed by atoms with Gasteiger partial charge in [0.1, 0.15) is 11.9 Å². The number of anilines is 3. The Labute approximate surface area is 330 Å². The molecule has 5 aromatic rings. The van der Waals surface area contributed by atoms with Crippen LogP contribution in [0, 0.1) is 5.82 Å². The van der Waals surface area contributed by atoms with Crippen LogP contribution < -0.4 is 31.7 Å². The standard InChI is InChI=1S/C42H48FN9O5/c1-26-20-21-34(41(55)48-26)52-33-18-12-15-27(37(33)51(3)42(52)56)14-10-8-6-5-7-9-11-19-36(53)50-35-22-32(30(25-45-35)40(54)44-2)49-31-17-13-16-29(38(31)57-4)39-46-23-28(43)24-47-39/h12-13,15-18,22-25,34H,1,5-11,14,19-21H2,2-4H3,(H,44,54)(H,48,55)(H2,45,49,50,53). The van der Waals surface area contributed by atoms with Crippen molar-refractivity contribution in [3.8, 4) is 17.1 Å². The summed E-state index contributed by atoms with van der Waals surface area (Å²) in [6.45, 7) is 3.86. The smallest absolute Gasteiger partial charge is 0.329 e. The molecule has 0 bridgehead atoms. The average Bonchev–Trinajstić information content (AvgIpc) is 3.46. The van der Waals surface area contributed by atoms with Gasteiger partial charge in [0, 0.05) is 38.5 Å². The molecule has 14 nitrogen and oxygen atoms in total. The fraction of sp³-hybridized carbons (Fsp3) is 0.357. The molecule has 0 radical (unpaired) electrons. The quantitative estimate of drug-likeness (QED) is 0.0749. The molecular weight excluding hydrogens is 730 g/mol. The molecule has 1 fully saturated rings. The number of pyridine rings is 1. The van der Waals surface area contributed by atoms with Crippen LogP contribution in [0.25, 0.3) is 22.4 Å². The van der Waals surface area contributed by atoms with Crippen LogP contribution in [0.15, 0.2) is 78.1 Å². The van der Waals surface area contributed by atoms with Crippen LogP contribution in [-0.2, 0) is 23.1 Å². The Hall–Kier alpha value is -6.38. The minimum atomic E-state index is -0.563. The summed E-state index contributed by atoms with van der Waals surface area (Å²) < 4.78 is 22.4. The topological polar surface area (TPSA) is 174 Å². The number of nitrogens with zero attached hydrogens (tertiary/aromatic N) is 5. The highest BCUT2D eigenvalue weighted by atomic mass is 19.1. The number of para-hydroxylation sites is 2. The summed E-state index contributed by atoms with van der Waals surface area (Å²) in [6, 6.07) is 12.2. The van der Waals surface area contributed by atoms with Crippen molar-refractivity contribution in [3.05, 3.63) is 101 Å². The lowest BCUT2D eigenvalue weighted by molar-refractivity contribution is -0.124. The highest BCUT2D eigenvalue weighted by Crippen LogP contribution is 2.37. The van der Waals surface area contributed by atoms with E-state index in [4.69, 9.17) is 4.74 Å². The molecule has 6 rings (SSSR count). The minimum absolute atomic E-state index is 0.179. The number of benzene rings is 2. The predicted octanol–water partition coefficient (Wildman–Crippen LogP) is 6.71. The van der Waals surface area contributed by atoms with Gasteiger partial charge in [-0.25, -0.2) is 24.1 Å². The maximum Gasteiger partial charge on any atom is 0.329 e. The van der Waals surface area contributed by atoms with Crippen molar-refractivity contribution in [2.24, 2.45) is 7.05 Å². The third-order valence-electron chi connectivity index (χ3n) is 10.2. The number of methoxy groups -OCH3 is 1. The molecular formula is C42H48FN9O5. The van der Waals surface area contributed by atoms with E-state index in [-0.39, 0.29) is 40.6 Å². The zero-order chi connectivity index (χ0) is 40.5. The highest BCUT2D eigenvalue weighted by molar-refractivity contribution is 6.01. The van der Waals surface area contributed by atoms with Gasteiger partial charge in [-0.15, -0.1) is 0 Å². The van der Waals surface area contributed by atoms with Gasteiger partial charge >= 0.3 is 5.69 Å². The Morgan fingerprint density at radius 3 is 2.40 bits per heavy atom. The van der Waals surface area contributed by atoms with E-state index in [0.717, 1.165) is 80.4 Å². The molecule has 1 aliphatic heterocycles. The van der Waals surface area contributed by atoms with E-state index in [1.165, 1.54) is 20.4 Å². The number of allylic oxidation sites excluding steroid dienone is 1. The Morgan fingerprint density at radius 1 is 0.965 bits per heavy atom. The fourth-order valence-electron chi connectivity index (χ4n) is 7.29. The summed E-state index contributed by atoms with van der Waals surface area (Å²) in [5.74, 6) is -0.387. The number of halogens is 1. The fourth-order valence-corrected chi connectivity index (χ4v) is 7.29. The number of nitrogens with one attached hydrogen (secondary N) is 4. The number of aromatic nitrogens is 5. The van der Waals surface area contributed by atoms with Gasteiger partial charge in [-0.1, -0.05) is 56.9 Å².